The Kier molecular flexibility index (Phi) is 6.90. The van der Waals surface area contributed by atoms with Crippen molar-refractivity contribution in [2.45, 2.75) is 56.4 Å². The monoisotopic (exact) mass is 486 g/mol. The van der Waals surface area contributed by atoms with E-state index in [1.165, 1.54) is 36.1 Å². The van der Waals surface area contributed by atoms with Gasteiger partial charge in [0.25, 0.3) is 5.69 Å². The first kappa shape index (κ1) is 24.2. The highest BCUT2D eigenvalue weighted by atomic mass is 32.2. The minimum atomic E-state index is -4.04. The molecule has 0 bridgehead atoms. The number of nitrogens with two attached hydrogens (primary N) is 1. The van der Waals surface area contributed by atoms with Gasteiger partial charge in [-0.1, -0.05) is 18.2 Å². The molecule has 0 aromatic heterocycles. The van der Waals surface area contributed by atoms with E-state index in [2.05, 4.69) is 23.5 Å². The number of sulfonamides is 1. The number of carbonyl (C=O) groups excluding carboxylic acids is 1. The van der Waals surface area contributed by atoms with Gasteiger partial charge in [-0.2, -0.15) is 0 Å². The fourth-order valence-electron chi connectivity index (χ4n) is 4.91. The lowest BCUT2D eigenvalue weighted by Crippen LogP contribution is -2.41. The molecule has 2 aliphatic rings. The Morgan fingerprint density at radius 2 is 1.79 bits per heavy atom. The Balaban J connectivity index is 1.39. The molecule has 0 spiro atoms. The van der Waals surface area contributed by atoms with E-state index in [4.69, 9.17) is 5.14 Å². The molecule has 1 heterocycles. The molecule has 4 rings (SSSR count). The maximum Gasteiger partial charge on any atom is 0.293 e. The predicted molar refractivity (Wildman–Crippen MR) is 129 cm³/mol. The third-order valence-corrected chi connectivity index (χ3v) is 7.82. The van der Waals surface area contributed by atoms with Gasteiger partial charge in [0.2, 0.25) is 15.9 Å². The van der Waals surface area contributed by atoms with E-state index in [9.17, 15) is 23.3 Å². The molecule has 2 aromatic rings. The maximum absolute atomic E-state index is 12.9. The highest BCUT2D eigenvalue weighted by Crippen LogP contribution is 2.33. The van der Waals surface area contributed by atoms with Gasteiger partial charge in [-0.15, -0.1) is 0 Å². The largest absolute Gasteiger partial charge is 0.366 e. The maximum atomic E-state index is 12.9. The average Bonchev–Trinajstić information content (AvgIpc) is 2.82. The lowest BCUT2D eigenvalue weighted by Gasteiger charge is -2.33. The number of amides is 1. The summed E-state index contributed by atoms with van der Waals surface area (Å²) in [6.07, 6.45) is 5.76. The summed E-state index contributed by atoms with van der Waals surface area (Å²) < 4.78 is 23.1. The molecule has 0 saturated carbocycles. The first-order valence-electron chi connectivity index (χ1n) is 11.6. The molecule has 1 atom stereocenters. The number of piperidine rings is 1. The van der Waals surface area contributed by atoms with E-state index >= 15 is 0 Å². The molecule has 9 nitrogen and oxygen atoms in total. The Bertz CT molecular complexity index is 1210. The second-order valence-corrected chi connectivity index (χ2v) is 10.7. The summed E-state index contributed by atoms with van der Waals surface area (Å²) in [5, 5.41) is 19.8. The quantitative estimate of drug-likeness (QED) is 0.475. The molecule has 182 valence electrons. The number of nitrogens with zero attached hydrogens (tertiary/aromatic N) is 2. The molecule has 1 fully saturated rings. The molecule has 2 aromatic carbocycles. The van der Waals surface area contributed by atoms with Crippen LogP contribution in [0.25, 0.3) is 0 Å². The number of primary sulfonamides is 1. The zero-order valence-corrected chi connectivity index (χ0v) is 20.0. The van der Waals surface area contributed by atoms with Crippen LogP contribution >= 0.6 is 0 Å². The van der Waals surface area contributed by atoms with Crippen molar-refractivity contribution in [2.75, 3.05) is 18.0 Å². The number of aryl methyl sites for hydroxylation is 2. The first-order valence-corrected chi connectivity index (χ1v) is 13.2. The number of carbonyl (C=O) groups is 1. The van der Waals surface area contributed by atoms with Crippen LogP contribution in [0, 0.1) is 16.0 Å². The number of nitro benzene ring substituents is 1. The fourth-order valence-corrected chi connectivity index (χ4v) is 5.45. The highest BCUT2D eigenvalue weighted by molar-refractivity contribution is 7.89. The van der Waals surface area contributed by atoms with Crippen LogP contribution in [0.4, 0.5) is 11.4 Å². The Hall–Kier alpha value is -2.98. The SMILES string of the molecule is CC(NC(=O)C1CCN(c2ccc(S(N)(=O)=O)cc2[N+](=O)[O-])CC1)c1ccc2c(c1)CCCC2. The van der Waals surface area contributed by atoms with Gasteiger partial charge in [0.05, 0.1) is 15.9 Å². The van der Waals surface area contributed by atoms with Gasteiger partial charge in [0.15, 0.2) is 0 Å². The van der Waals surface area contributed by atoms with Crippen molar-refractivity contribution in [1.29, 1.82) is 0 Å². The Morgan fingerprint density at radius 1 is 1.12 bits per heavy atom. The number of benzene rings is 2. The van der Waals surface area contributed by atoms with Crippen molar-refractivity contribution < 1.29 is 18.1 Å². The number of rotatable bonds is 6. The second-order valence-electron chi connectivity index (χ2n) is 9.18. The van der Waals surface area contributed by atoms with Crippen molar-refractivity contribution in [1.82, 2.24) is 5.32 Å². The molecule has 1 aliphatic heterocycles. The average molecular weight is 487 g/mol. The van der Waals surface area contributed by atoms with Gasteiger partial charge < -0.3 is 10.2 Å². The first-order chi connectivity index (χ1) is 16.1. The van der Waals surface area contributed by atoms with E-state index < -0.39 is 14.9 Å². The molecule has 0 radical (unpaired) electrons. The zero-order valence-electron chi connectivity index (χ0n) is 19.2. The van der Waals surface area contributed by atoms with E-state index in [1.807, 2.05) is 11.8 Å². The van der Waals surface area contributed by atoms with Crippen LogP contribution in [0.2, 0.25) is 0 Å². The molecular weight excluding hydrogens is 456 g/mol. The normalized spacial score (nSPS) is 17.6. The Labute approximate surface area is 199 Å². The van der Waals surface area contributed by atoms with Crippen LogP contribution in [0.3, 0.4) is 0 Å². The van der Waals surface area contributed by atoms with Gasteiger partial charge in [-0.05, 0) is 74.3 Å². The topological polar surface area (TPSA) is 136 Å². The van der Waals surface area contributed by atoms with Crippen molar-refractivity contribution >= 4 is 27.3 Å². The number of hydrogen-bond donors (Lipinski definition) is 2. The highest BCUT2D eigenvalue weighted by Gasteiger charge is 2.30. The molecule has 1 amide bonds. The fraction of sp³-hybridized carbons (Fsp3) is 0.458. The number of hydrogen-bond acceptors (Lipinski definition) is 6. The molecule has 3 N–H and O–H groups in total. The number of nitrogens with one attached hydrogen (secondary N) is 1. The summed E-state index contributed by atoms with van der Waals surface area (Å²) in [6, 6.07) is 10.1. The summed E-state index contributed by atoms with van der Waals surface area (Å²) in [6.45, 7) is 2.91. The molecule has 10 heteroatoms. The summed E-state index contributed by atoms with van der Waals surface area (Å²) in [7, 11) is -4.04. The van der Waals surface area contributed by atoms with Crippen molar-refractivity contribution in [3.8, 4) is 0 Å². The third kappa shape index (κ3) is 5.23. The summed E-state index contributed by atoms with van der Waals surface area (Å²) in [5.41, 5.74) is 3.92. The molecule has 1 unspecified atom stereocenters. The molecule has 1 saturated heterocycles. The summed E-state index contributed by atoms with van der Waals surface area (Å²) in [4.78, 5) is 25.4. The summed E-state index contributed by atoms with van der Waals surface area (Å²) >= 11 is 0. The van der Waals surface area contributed by atoms with Gasteiger partial charge in [-0.25, -0.2) is 13.6 Å². The number of fused-ring (bicyclic) bond motifs is 1. The molecular formula is C24H30N4O5S. The molecule has 34 heavy (non-hydrogen) atoms. The van der Waals surface area contributed by atoms with E-state index in [1.54, 1.807) is 0 Å². The van der Waals surface area contributed by atoms with Gasteiger partial charge in [0.1, 0.15) is 5.69 Å². The summed E-state index contributed by atoms with van der Waals surface area (Å²) in [5.74, 6) is -0.192. The standard InChI is InChI=1S/C24H30N4O5S/c1-16(19-7-6-17-4-2-3-5-20(17)14-19)26-24(29)18-10-12-27(13-11-18)22-9-8-21(34(25,32)33)15-23(22)28(30)31/h6-9,14-16,18H,2-5,10-13H2,1H3,(H,26,29)(H2,25,32,33). The van der Waals surface area contributed by atoms with Crippen LogP contribution in [0.15, 0.2) is 41.3 Å². The van der Waals surface area contributed by atoms with Gasteiger partial charge in [0, 0.05) is 25.1 Å². The minimum absolute atomic E-state index is 0.0102. The van der Waals surface area contributed by atoms with E-state index in [0.29, 0.717) is 31.6 Å². The van der Waals surface area contributed by atoms with Crippen molar-refractivity contribution in [3.63, 3.8) is 0 Å². The lowest BCUT2D eigenvalue weighted by atomic mass is 9.89. The van der Waals surface area contributed by atoms with E-state index in [0.717, 1.165) is 24.5 Å². The number of anilines is 1. The minimum Gasteiger partial charge on any atom is -0.366 e. The van der Waals surface area contributed by atoms with Crippen molar-refractivity contribution in [2.24, 2.45) is 11.1 Å². The van der Waals surface area contributed by atoms with Crippen LogP contribution in [-0.4, -0.2) is 32.3 Å². The Morgan fingerprint density at radius 3 is 2.44 bits per heavy atom. The number of nitro groups is 1. The molecule has 1 aliphatic carbocycles. The smallest absolute Gasteiger partial charge is 0.293 e. The van der Waals surface area contributed by atoms with Crippen LogP contribution < -0.4 is 15.4 Å². The van der Waals surface area contributed by atoms with Gasteiger partial charge >= 0.3 is 0 Å². The third-order valence-electron chi connectivity index (χ3n) is 6.91. The lowest BCUT2D eigenvalue weighted by molar-refractivity contribution is -0.384. The van der Waals surface area contributed by atoms with Crippen LogP contribution in [0.1, 0.15) is 55.3 Å². The van der Waals surface area contributed by atoms with E-state index in [-0.39, 0.29) is 28.4 Å². The van der Waals surface area contributed by atoms with Gasteiger partial charge in [-0.3, -0.25) is 14.9 Å². The van der Waals surface area contributed by atoms with Crippen molar-refractivity contribution in [3.05, 3.63) is 63.2 Å². The predicted octanol–water partition coefficient (Wildman–Crippen LogP) is 3.21. The second kappa shape index (κ2) is 9.71. The zero-order chi connectivity index (χ0) is 24.5. The van der Waals surface area contributed by atoms with Crippen LogP contribution in [0.5, 0.6) is 0 Å². The van der Waals surface area contributed by atoms with Crippen LogP contribution in [-0.2, 0) is 27.7 Å².